The van der Waals surface area contributed by atoms with Crippen LogP contribution in [0.3, 0.4) is 0 Å². The topological polar surface area (TPSA) is 83.6 Å². The van der Waals surface area contributed by atoms with Crippen molar-refractivity contribution in [1.82, 2.24) is 20.2 Å². The van der Waals surface area contributed by atoms with Crippen molar-refractivity contribution in [3.8, 4) is 0 Å². The van der Waals surface area contributed by atoms with Crippen molar-refractivity contribution in [3.05, 3.63) is 35.9 Å². The molecule has 15 heavy (non-hydrogen) atoms. The Kier molecular flexibility index (Phi) is 2.40. The molecule has 0 aromatic carbocycles. The first-order valence-electron chi connectivity index (χ1n) is 4.36. The van der Waals surface area contributed by atoms with E-state index in [-0.39, 0.29) is 11.9 Å². The zero-order chi connectivity index (χ0) is 10.7. The standard InChI is InChI=1S/C9H9N5O/c1-6-5-7(14-13-6)8(15)12-9-10-3-2-4-11-9/h2-5H,1H3,(H,13,14)(H,10,11,12,15). The molecule has 0 saturated heterocycles. The van der Waals surface area contributed by atoms with Crippen LogP contribution >= 0.6 is 0 Å². The summed E-state index contributed by atoms with van der Waals surface area (Å²) in [5, 5.41) is 9.03. The number of carbonyl (C=O) groups is 1. The average Bonchev–Trinajstić information content (AvgIpc) is 2.66. The molecule has 2 N–H and O–H groups in total. The van der Waals surface area contributed by atoms with Crippen molar-refractivity contribution in [2.24, 2.45) is 0 Å². The van der Waals surface area contributed by atoms with Crippen LogP contribution < -0.4 is 5.32 Å². The van der Waals surface area contributed by atoms with Gasteiger partial charge in [-0.1, -0.05) is 0 Å². The Morgan fingerprint density at radius 3 is 2.73 bits per heavy atom. The molecule has 0 saturated carbocycles. The molecule has 2 aromatic rings. The van der Waals surface area contributed by atoms with E-state index in [1.807, 2.05) is 6.92 Å². The fourth-order valence-corrected chi connectivity index (χ4v) is 1.06. The summed E-state index contributed by atoms with van der Waals surface area (Å²) in [4.78, 5) is 19.3. The summed E-state index contributed by atoms with van der Waals surface area (Å²) in [6.07, 6.45) is 3.11. The molecule has 0 aliphatic carbocycles. The number of anilines is 1. The maximum atomic E-state index is 11.6. The summed E-state index contributed by atoms with van der Waals surface area (Å²) in [6, 6.07) is 3.33. The van der Waals surface area contributed by atoms with E-state index in [1.54, 1.807) is 24.5 Å². The Labute approximate surface area is 85.8 Å². The third-order valence-corrected chi connectivity index (χ3v) is 1.73. The fraction of sp³-hybridized carbons (Fsp3) is 0.111. The van der Waals surface area contributed by atoms with Crippen LogP contribution in [0.4, 0.5) is 5.95 Å². The number of amides is 1. The van der Waals surface area contributed by atoms with Crippen molar-refractivity contribution in [2.45, 2.75) is 6.92 Å². The van der Waals surface area contributed by atoms with Crippen LogP contribution in [0.1, 0.15) is 16.2 Å². The van der Waals surface area contributed by atoms with Gasteiger partial charge < -0.3 is 0 Å². The lowest BCUT2D eigenvalue weighted by Gasteiger charge is -1.98. The molecular weight excluding hydrogens is 194 g/mol. The van der Waals surface area contributed by atoms with E-state index in [2.05, 4.69) is 25.5 Å². The molecule has 76 valence electrons. The Bertz CT molecular complexity index is 464. The van der Waals surface area contributed by atoms with Crippen molar-refractivity contribution in [1.29, 1.82) is 0 Å². The molecule has 0 spiro atoms. The summed E-state index contributed by atoms with van der Waals surface area (Å²) in [6.45, 7) is 1.82. The summed E-state index contributed by atoms with van der Waals surface area (Å²) < 4.78 is 0. The maximum absolute atomic E-state index is 11.6. The zero-order valence-electron chi connectivity index (χ0n) is 8.06. The third kappa shape index (κ3) is 2.16. The van der Waals surface area contributed by atoms with Gasteiger partial charge in [0.15, 0.2) is 5.69 Å². The van der Waals surface area contributed by atoms with Crippen molar-refractivity contribution in [2.75, 3.05) is 5.32 Å². The number of hydrogen-bond donors (Lipinski definition) is 2. The summed E-state index contributed by atoms with van der Waals surface area (Å²) in [5.74, 6) is -0.0614. The van der Waals surface area contributed by atoms with Gasteiger partial charge in [-0.25, -0.2) is 9.97 Å². The molecule has 6 nitrogen and oxygen atoms in total. The molecule has 2 rings (SSSR count). The molecule has 2 aromatic heterocycles. The number of nitrogens with one attached hydrogen (secondary N) is 2. The predicted octanol–water partition coefficient (Wildman–Crippen LogP) is 0.760. The molecule has 0 aliphatic heterocycles. The highest BCUT2D eigenvalue weighted by Gasteiger charge is 2.09. The van der Waals surface area contributed by atoms with Gasteiger partial charge in [-0.15, -0.1) is 0 Å². The number of H-pyrrole nitrogens is 1. The van der Waals surface area contributed by atoms with Gasteiger partial charge in [0.25, 0.3) is 5.91 Å². The van der Waals surface area contributed by atoms with E-state index < -0.39 is 0 Å². The van der Waals surface area contributed by atoms with Crippen LogP contribution in [-0.2, 0) is 0 Å². The largest absolute Gasteiger partial charge is 0.289 e. The molecule has 0 atom stereocenters. The molecule has 0 unspecified atom stereocenters. The van der Waals surface area contributed by atoms with Gasteiger partial charge in [-0.3, -0.25) is 15.2 Å². The van der Waals surface area contributed by atoms with Crippen LogP contribution in [0.2, 0.25) is 0 Å². The second-order valence-electron chi connectivity index (χ2n) is 2.96. The number of aromatic amines is 1. The Morgan fingerprint density at radius 1 is 1.40 bits per heavy atom. The van der Waals surface area contributed by atoms with Gasteiger partial charge in [0.2, 0.25) is 5.95 Å². The van der Waals surface area contributed by atoms with E-state index in [0.29, 0.717) is 5.69 Å². The lowest BCUT2D eigenvalue weighted by atomic mass is 10.3. The highest BCUT2D eigenvalue weighted by atomic mass is 16.2. The Hall–Kier alpha value is -2.24. The normalized spacial score (nSPS) is 9.93. The van der Waals surface area contributed by atoms with E-state index >= 15 is 0 Å². The summed E-state index contributed by atoms with van der Waals surface area (Å²) in [7, 11) is 0. The molecule has 0 fully saturated rings. The van der Waals surface area contributed by atoms with Crippen LogP contribution in [0.5, 0.6) is 0 Å². The number of rotatable bonds is 2. The van der Waals surface area contributed by atoms with Crippen LogP contribution in [-0.4, -0.2) is 26.1 Å². The predicted molar refractivity (Wildman–Crippen MR) is 53.3 cm³/mol. The molecule has 1 amide bonds. The number of nitrogens with zero attached hydrogens (tertiary/aromatic N) is 3. The van der Waals surface area contributed by atoms with E-state index in [1.165, 1.54) is 0 Å². The van der Waals surface area contributed by atoms with Gasteiger partial charge in [-0.05, 0) is 19.1 Å². The van der Waals surface area contributed by atoms with Gasteiger partial charge in [0.1, 0.15) is 0 Å². The maximum Gasteiger partial charge on any atom is 0.278 e. The van der Waals surface area contributed by atoms with E-state index in [0.717, 1.165) is 5.69 Å². The smallest absolute Gasteiger partial charge is 0.278 e. The van der Waals surface area contributed by atoms with Crippen LogP contribution in [0, 0.1) is 6.92 Å². The number of hydrogen-bond acceptors (Lipinski definition) is 4. The SMILES string of the molecule is Cc1cc(C(=O)Nc2ncccn2)n[nH]1. The molecule has 0 bridgehead atoms. The van der Waals surface area contributed by atoms with Crippen LogP contribution in [0.25, 0.3) is 0 Å². The average molecular weight is 203 g/mol. The number of aryl methyl sites for hydroxylation is 1. The lowest BCUT2D eigenvalue weighted by Crippen LogP contribution is -2.14. The molecule has 2 heterocycles. The third-order valence-electron chi connectivity index (χ3n) is 1.73. The lowest BCUT2D eigenvalue weighted by molar-refractivity contribution is 0.102. The quantitative estimate of drug-likeness (QED) is 0.754. The van der Waals surface area contributed by atoms with Gasteiger partial charge >= 0.3 is 0 Å². The molecular formula is C9H9N5O. The van der Waals surface area contributed by atoms with E-state index in [4.69, 9.17) is 0 Å². The van der Waals surface area contributed by atoms with Gasteiger partial charge in [-0.2, -0.15) is 5.10 Å². The highest BCUT2D eigenvalue weighted by Crippen LogP contribution is 2.01. The van der Waals surface area contributed by atoms with Gasteiger partial charge in [0, 0.05) is 18.1 Å². The minimum absolute atomic E-state index is 0.267. The minimum atomic E-state index is -0.328. The summed E-state index contributed by atoms with van der Waals surface area (Å²) in [5.41, 5.74) is 1.15. The highest BCUT2D eigenvalue weighted by molar-refractivity contribution is 6.01. The zero-order valence-corrected chi connectivity index (χ0v) is 8.06. The molecule has 0 radical (unpaired) electrons. The minimum Gasteiger partial charge on any atom is -0.289 e. The molecule has 6 heteroatoms. The van der Waals surface area contributed by atoms with E-state index in [9.17, 15) is 4.79 Å². The first-order chi connectivity index (χ1) is 7.25. The monoisotopic (exact) mass is 203 g/mol. The van der Waals surface area contributed by atoms with Crippen molar-refractivity contribution >= 4 is 11.9 Å². The first-order valence-corrected chi connectivity index (χ1v) is 4.36. The van der Waals surface area contributed by atoms with Gasteiger partial charge in [0.05, 0.1) is 0 Å². The Balaban J connectivity index is 2.11. The van der Waals surface area contributed by atoms with Crippen LogP contribution in [0.15, 0.2) is 24.5 Å². The van der Waals surface area contributed by atoms with Crippen molar-refractivity contribution < 1.29 is 4.79 Å². The molecule has 0 aliphatic rings. The first kappa shape index (κ1) is 9.32. The number of carbonyl (C=O) groups excluding carboxylic acids is 1. The number of aromatic nitrogens is 4. The second kappa shape index (κ2) is 3.87. The van der Waals surface area contributed by atoms with Crippen molar-refractivity contribution in [3.63, 3.8) is 0 Å². The fourth-order valence-electron chi connectivity index (χ4n) is 1.06. The Morgan fingerprint density at radius 2 is 2.13 bits per heavy atom. The summed E-state index contributed by atoms with van der Waals surface area (Å²) >= 11 is 0. The second-order valence-corrected chi connectivity index (χ2v) is 2.96.